The number of fused-ring (bicyclic) bond motifs is 2. The van der Waals surface area contributed by atoms with Gasteiger partial charge in [0.25, 0.3) is 5.91 Å². The van der Waals surface area contributed by atoms with Gasteiger partial charge in [0.05, 0.1) is 13.2 Å². The molecule has 0 saturated heterocycles. The molecule has 3 aromatic carbocycles. The minimum atomic E-state index is -0.235. The SMILES string of the molecule is COc1ccc(C(=O)N2c3ccccc3[C@H](N(C(C)=O)c3ccc4c(c3)OCCO4)C[C@@H]2C)cc1. The van der Waals surface area contributed by atoms with Crippen LogP contribution in [-0.4, -0.2) is 38.2 Å². The smallest absolute Gasteiger partial charge is 0.258 e. The topological polar surface area (TPSA) is 68.3 Å². The summed E-state index contributed by atoms with van der Waals surface area (Å²) in [6.07, 6.45) is 0.590. The van der Waals surface area contributed by atoms with Crippen LogP contribution in [0.25, 0.3) is 0 Å². The van der Waals surface area contributed by atoms with Crippen LogP contribution in [0.3, 0.4) is 0 Å². The lowest BCUT2D eigenvalue weighted by Crippen LogP contribution is -2.47. The number of hydrogen-bond donors (Lipinski definition) is 0. The molecule has 0 bridgehead atoms. The number of rotatable bonds is 4. The number of para-hydroxylation sites is 1. The Morgan fingerprint density at radius 2 is 1.69 bits per heavy atom. The van der Waals surface area contributed by atoms with Gasteiger partial charge < -0.3 is 24.0 Å². The number of amides is 2. The van der Waals surface area contributed by atoms with Gasteiger partial charge in [0.2, 0.25) is 5.91 Å². The molecule has 5 rings (SSSR count). The molecule has 2 aliphatic heterocycles. The Bertz CT molecular complexity index is 1260. The molecule has 7 nitrogen and oxygen atoms in total. The first kappa shape index (κ1) is 22.8. The fourth-order valence-corrected chi connectivity index (χ4v) is 4.97. The van der Waals surface area contributed by atoms with E-state index in [1.165, 1.54) is 0 Å². The Morgan fingerprint density at radius 1 is 0.971 bits per heavy atom. The van der Waals surface area contributed by atoms with Gasteiger partial charge in [-0.05, 0) is 61.4 Å². The monoisotopic (exact) mass is 472 g/mol. The fourth-order valence-electron chi connectivity index (χ4n) is 4.97. The number of hydrogen-bond acceptors (Lipinski definition) is 5. The maximum Gasteiger partial charge on any atom is 0.258 e. The highest BCUT2D eigenvalue weighted by Gasteiger charge is 2.38. The zero-order valence-electron chi connectivity index (χ0n) is 20.1. The van der Waals surface area contributed by atoms with Gasteiger partial charge in [0, 0.05) is 36.0 Å². The summed E-state index contributed by atoms with van der Waals surface area (Å²) in [6.45, 7) is 4.57. The van der Waals surface area contributed by atoms with Crippen molar-refractivity contribution in [1.82, 2.24) is 0 Å². The van der Waals surface area contributed by atoms with Crippen LogP contribution in [0.2, 0.25) is 0 Å². The molecule has 0 unspecified atom stereocenters. The number of carbonyl (C=O) groups excluding carboxylic acids is 2. The van der Waals surface area contributed by atoms with Crippen molar-refractivity contribution in [2.75, 3.05) is 30.1 Å². The number of ether oxygens (including phenoxy) is 3. The van der Waals surface area contributed by atoms with E-state index in [-0.39, 0.29) is 23.9 Å². The predicted molar refractivity (Wildman–Crippen MR) is 134 cm³/mol. The van der Waals surface area contributed by atoms with Crippen molar-refractivity contribution in [1.29, 1.82) is 0 Å². The Hall–Kier alpha value is -4.00. The van der Waals surface area contributed by atoms with E-state index in [9.17, 15) is 9.59 Å². The second-order valence-electron chi connectivity index (χ2n) is 8.78. The van der Waals surface area contributed by atoms with Crippen LogP contribution in [0.1, 0.15) is 42.2 Å². The Balaban J connectivity index is 1.53. The predicted octanol–water partition coefficient (Wildman–Crippen LogP) is 5.00. The van der Waals surface area contributed by atoms with Crippen LogP contribution < -0.4 is 24.0 Å². The minimum Gasteiger partial charge on any atom is -0.497 e. The quantitative estimate of drug-likeness (QED) is 0.535. The molecule has 35 heavy (non-hydrogen) atoms. The molecule has 0 saturated carbocycles. The van der Waals surface area contributed by atoms with Gasteiger partial charge in [0.1, 0.15) is 19.0 Å². The molecule has 180 valence electrons. The van der Waals surface area contributed by atoms with E-state index in [2.05, 4.69) is 0 Å². The van der Waals surface area contributed by atoms with E-state index in [4.69, 9.17) is 14.2 Å². The highest BCUT2D eigenvalue weighted by Crippen LogP contribution is 2.44. The highest BCUT2D eigenvalue weighted by atomic mass is 16.6. The summed E-state index contributed by atoms with van der Waals surface area (Å²) in [5.74, 6) is 1.85. The third kappa shape index (κ3) is 4.18. The summed E-state index contributed by atoms with van der Waals surface area (Å²) in [7, 11) is 1.60. The molecule has 0 radical (unpaired) electrons. The molecule has 0 aromatic heterocycles. The summed E-state index contributed by atoms with van der Waals surface area (Å²) in [4.78, 5) is 30.2. The van der Waals surface area contributed by atoms with Crippen molar-refractivity contribution >= 4 is 23.2 Å². The molecule has 2 amide bonds. The average molecular weight is 473 g/mol. The van der Waals surface area contributed by atoms with Crippen LogP contribution in [0.5, 0.6) is 17.2 Å². The van der Waals surface area contributed by atoms with E-state index in [1.807, 2.05) is 54.3 Å². The molecule has 0 N–H and O–H groups in total. The van der Waals surface area contributed by atoms with Gasteiger partial charge in [-0.2, -0.15) is 0 Å². The molecule has 0 spiro atoms. The standard InChI is InChI=1S/C28H28N2O5/c1-18-16-25(30(19(2)31)21-10-13-26-27(17-21)35-15-14-34-26)23-6-4-5-7-24(23)29(18)28(32)20-8-11-22(33-3)12-9-20/h4-13,17-18,25H,14-16H2,1-3H3/t18-,25+/m0/s1. The van der Waals surface area contributed by atoms with Crippen molar-refractivity contribution in [3.05, 3.63) is 77.9 Å². The lowest BCUT2D eigenvalue weighted by molar-refractivity contribution is -0.117. The van der Waals surface area contributed by atoms with Gasteiger partial charge in [-0.25, -0.2) is 0 Å². The normalized spacial score (nSPS) is 18.4. The lowest BCUT2D eigenvalue weighted by Gasteiger charge is -2.43. The van der Waals surface area contributed by atoms with Gasteiger partial charge >= 0.3 is 0 Å². The van der Waals surface area contributed by atoms with E-state index in [0.29, 0.717) is 42.4 Å². The zero-order chi connectivity index (χ0) is 24.5. The van der Waals surface area contributed by atoms with Crippen molar-refractivity contribution in [3.63, 3.8) is 0 Å². The molecule has 3 aromatic rings. The lowest BCUT2D eigenvalue weighted by atomic mass is 9.89. The molecular weight excluding hydrogens is 444 g/mol. The maximum atomic E-state index is 13.6. The van der Waals surface area contributed by atoms with Crippen LogP contribution in [0.4, 0.5) is 11.4 Å². The first-order valence-electron chi connectivity index (χ1n) is 11.7. The third-order valence-corrected chi connectivity index (χ3v) is 6.57. The first-order valence-corrected chi connectivity index (χ1v) is 11.7. The molecule has 2 atom stereocenters. The molecule has 2 aliphatic rings. The first-order chi connectivity index (χ1) is 17.0. The summed E-state index contributed by atoms with van der Waals surface area (Å²) in [5, 5.41) is 0. The van der Waals surface area contributed by atoms with Crippen LogP contribution >= 0.6 is 0 Å². The number of anilines is 2. The van der Waals surface area contributed by atoms with Crippen molar-refractivity contribution in [2.45, 2.75) is 32.4 Å². The highest BCUT2D eigenvalue weighted by molar-refractivity contribution is 6.07. The Morgan fingerprint density at radius 3 is 2.40 bits per heavy atom. The summed E-state index contributed by atoms with van der Waals surface area (Å²) in [6, 6.07) is 20.2. The second-order valence-corrected chi connectivity index (χ2v) is 8.78. The maximum absolute atomic E-state index is 13.6. The van der Waals surface area contributed by atoms with Crippen LogP contribution in [0.15, 0.2) is 66.7 Å². The Labute approximate surface area is 204 Å². The summed E-state index contributed by atoms with van der Waals surface area (Å²) in [5.41, 5.74) is 3.06. The number of benzene rings is 3. The molecular formula is C28H28N2O5. The van der Waals surface area contributed by atoms with Gasteiger partial charge in [-0.3, -0.25) is 9.59 Å². The summed E-state index contributed by atoms with van der Waals surface area (Å²) < 4.78 is 16.6. The minimum absolute atomic E-state index is 0.0800. The largest absolute Gasteiger partial charge is 0.497 e. The van der Waals surface area contributed by atoms with E-state index in [0.717, 1.165) is 16.9 Å². The number of nitrogens with zero attached hydrogens (tertiary/aromatic N) is 2. The van der Waals surface area contributed by atoms with Gasteiger partial charge in [-0.1, -0.05) is 18.2 Å². The second kappa shape index (κ2) is 9.33. The van der Waals surface area contributed by atoms with Crippen LogP contribution in [-0.2, 0) is 4.79 Å². The zero-order valence-corrected chi connectivity index (χ0v) is 20.1. The molecule has 0 fully saturated rings. The fraction of sp³-hybridized carbons (Fsp3) is 0.286. The number of methoxy groups -OCH3 is 1. The Kier molecular flexibility index (Phi) is 6.07. The molecule has 2 heterocycles. The van der Waals surface area contributed by atoms with E-state index in [1.54, 1.807) is 43.2 Å². The van der Waals surface area contributed by atoms with Gasteiger partial charge in [-0.15, -0.1) is 0 Å². The summed E-state index contributed by atoms with van der Waals surface area (Å²) >= 11 is 0. The average Bonchev–Trinajstić information content (AvgIpc) is 2.88. The van der Waals surface area contributed by atoms with Crippen molar-refractivity contribution < 1.29 is 23.8 Å². The van der Waals surface area contributed by atoms with E-state index >= 15 is 0 Å². The van der Waals surface area contributed by atoms with E-state index < -0.39 is 0 Å². The molecule has 0 aliphatic carbocycles. The third-order valence-electron chi connectivity index (χ3n) is 6.57. The number of carbonyl (C=O) groups is 2. The van der Waals surface area contributed by atoms with Gasteiger partial charge in [0.15, 0.2) is 11.5 Å². The van der Waals surface area contributed by atoms with Crippen LogP contribution in [0, 0.1) is 0 Å². The van der Waals surface area contributed by atoms with Crippen molar-refractivity contribution in [2.24, 2.45) is 0 Å². The molecule has 7 heteroatoms. The van der Waals surface area contributed by atoms with Crippen molar-refractivity contribution in [3.8, 4) is 17.2 Å².